The molecule has 1 fully saturated rings. The van der Waals surface area contributed by atoms with Gasteiger partial charge in [-0.05, 0) is 30.7 Å². The summed E-state index contributed by atoms with van der Waals surface area (Å²) >= 11 is 0. The standard InChI is InChI=1S/C16H19N7/c1-13-10-21(11-14-3-2-6-17-9-14)7-8-22(13)16-5-4-15-19-18-12-23(15)20-16/h2-6,9,12-13H,7-8,10-11H2,1H3. The Balaban J connectivity index is 1.46. The maximum Gasteiger partial charge on any atom is 0.177 e. The van der Waals surface area contributed by atoms with Gasteiger partial charge in [-0.15, -0.1) is 15.3 Å². The van der Waals surface area contributed by atoms with Crippen LogP contribution in [0.2, 0.25) is 0 Å². The van der Waals surface area contributed by atoms with Gasteiger partial charge in [0.25, 0.3) is 0 Å². The van der Waals surface area contributed by atoms with Crippen LogP contribution in [0, 0.1) is 0 Å². The summed E-state index contributed by atoms with van der Waals surface area (Å²) in [5.41, 5.74) is 2.04. The molecule has 7 nitrogen and oxygen atoms in total. The summed E-state index contributed by atoms with van der Waals surface area (Å²) in [6, 6.07) is 8.52. The highest BCUT2D eigenvalue weighted by Gasteiger charge is 2.25. The minimum absolute atomic E-state index is 0.404. The first kappa shape index (κ1) is 14.1. The first-order valence-corrected chi connectivity index (χ1v) is 7.84. The smallest absolute Gasteiger partial charge is 0.177 e. The lowest BCUT2D eigenvalue weighted by atomic mass is 10.1. The zero-order valence-electron chi connectivity index (χ0n) is 13.1. The van der Waals surface area contributed by atoms with Crippen LogP contribution in [0.4, 0.5) is 5.82 Å². The van der Waals surface area contributed by atoms with E-state index < -0.39 is 0 Å². The lowest BCUT2D eigenvalue weighted by molar-refractivity contribution is 0.220. The molecule has 1 saturated heterocycles. The molecule has 3 aromatic rings. The minimum atomic E-state index is 0.404. The van der Waals surface area contributed by atoms with E-state index in [4.69, 9.17) is 0 Å². The van der Waals surface area contributed by atoms with E-state index in [2.05, 4.69) is 43.1 Å². The molecule has 0 N–H and O–H groups in total. The maximum absolute atomic E-state index is 4.61. The van der Waals surface area contributed by atoms with Crippen LogP contribution >= 0.6 is 0 Å². The second kappa shape index (κ2) is 5.92. The predicted molar refractivity (Wildman–Crippen MR) is 87.1 cm³/mol. The molecule has 1 atom stereocenters. The molecule has 23 heavy (non-hydrogen) atoms. The molecule has 1 aliphatic heterocycles. The molecule has 7 heteroatoms. The van der Waals surface area contributed by atoms with E-state index >= 15 is 0 Å². The summed E-state index contributed by atoms with van der Waals surface area (Å²) in [5.74, 6) is 0.978. The maximum atomic E-state index is 4.61. The van der Waals surface area contributed by atoms with Crippen LogP contribution in [0.5, 0.6) is 0 Å². The minimum Gasteiger partial charge on any atom is -0.350 e. The molecule has 4 rings (SSSR count). The third-order valence-corrected chi connectivity index (χ3v) is 4.28. The van der Waals surface area contributed by atoms with Crippen molar-refractivity contribution in [1.29, 1.82) is 0 Å². The third-order valence-electron chi connectivity index (χ3n) is 4.28. The van der Waals surface area contributed by atoms with Gasteiger partial charge >= 0.3 is 0 Å². The Bertz CT molecular complexity index is 785. The summed E-state index contributed by atoms with van der Waals surface area (Å²) in [6.45, 7) is 6.18. The highest BCUT2D eigenvalue weighted by atomic mass is 15.4. The van der Waals surface area contributed by atoms with Gasteiger partial charge in [0, 0.05) is 44.6 Å². The number of fused-ring (bicyclic) bond motifs is 1. The number of nitrogens with zero attached hydrogens (tertiary/aromatic N) is 7. The van der Waals surface area contributed by atoms with Crippen molar-refractivity contribution < 1.29 is 0 Å². The van der Waals surface area contributed by atoms with Gasteiger partial charge in [-0.1, -0.05) is 6.07 Å². The molecule has 0 saturated carbocycles. The van der Waals surface area contributed by atoms with Gasteiger partial charge in [0.2, 0.25) is 0 Å². The lowest BCUT2D eigenvalue weighted by Crippen LogP contribution is -2.52. The molecule has 118 valence electrons. The number of hydrogen-bond donors (Lipinski definition) is 0. The number of rotatable bonds is 3. The van der Waals surface area contributed by atoms with Crippen LogP contribution in [0.25, 0.3) is 5.65 Å². The summed E-state index contributed by atoms with van der Waals surface area (Å²) in [6.07, 6.45) is 5.40. The molecule has 4 heterocycles. The highest BCUT2D eigenvalue weighted by Crippen LogP contribution is 2.19. The Morgan fingerprint density at radius 2 is 2.17 bits per heavy atom. The van der Waals surface area contributed by atoms with Crippen LogP contribution in [0.3, 0.4) is 0 Å². The van der Waals surface area contributed by atoms with E-state index in [-0.39, 0.29) is 0 Å². The largest absolute Gasteiger partial charge is 0.350 e. The first-order valence-electron chi connectivity index (χ1n) is 7.84. The number of anilines is 1. The van der Waals surface area contributed by atoms with Crippen molar-refractivity contribution in [1.82, 2.24) is 29.7 Å². The van der Waals surface area contributed by atoms with E-state index in [0.717, 1.165) is 37.6 Å². The molecule has 0 amide bonds. The Kier molecular flexibility index (Phi) is 3.63. The number of aromatic nitrogens is 5. The lowest BCUT2D eigenvalue weighted by Gasteiger charge is -2.40. The Labute approximate surface area is 134 Å². The summed E-state index contributed by atoms with van der Waals surface area (Å²) in [7, 11) is 0. The molecular weight excluding hydrogens is 290 g/mol. The fraction of sp³-hybridized carbons (Fsp3) is 0.375. The normalized spacial score (nSPS) is 19.3. The van der Waals surface area contributed by atoms with Crippen LogP contribution < -0.4 is 4.90 Å². The molecule has 0 aromatic carbocycles. The Morgan fingerprint density at radius 1 is 1.22 bits per heavy atom. The van der Waals surface area contributed by atoms with Crippen LogP contribution in [-0.4, -0.2) is 55.4 Å². The van der Waals surface area contributed by atoms with Gasteiger partial charge in [-0.25, -0.2) is 0 Å². The topological polar surface area (TPSA) is 62.5 Å². The Morgan fingerprint density at radius 3 is 3.00 bits per heavy atom. The van der Waals surface area contributed by atoms with Crippen molar-refractivity contribution >= 4 is 11.5 Å². The van der Waals surface area contributed by atoms with Crippen LogP contribution in [0.15, 0.2) is 43.0 Å². The third kappa shape index (κ3) is 2.87. The van der Waals surface area contributed by atoms with Gasteiger partial charge in [0.05, 0.1) is 0 Å². The molecule has 3 aromatic heterocycles. The Hall–Kier alpha value is -2.54. The molecular formula is C16H19N7. The molecule has 1 unspecified atom stereocenters. The molecule has 0 radical (unpaired) electrons. The molecule has 1 aliphatic rings. The van der Waals surface area contributed by atoms with Crippen molar-refractivity contribution in [3.8, 4) is 0 Å². The van der Waals surface area contributed by atoms with Crippen molar-refractivity contribution in [2.75, 3.05) is 24.5 Å². The second-order valence-corrected chi connectivity index (χ2v) is 5.96. The fourth-order valence-electron chi connectivity index (χ4n) is 3.14. The van der Waals surface area contributed by atoms with E-state index in [0.29, 0.717) is 6.04 Å². The average molecular weight is 309 g/mol. The fourth-order valence-corrected chi connectivity index (χ4v) is 3.14. The number of pyridine rings is 1. The molecule has 0 aliphatic carbocycles. The summed E-state index contributed by atoms with van der Waals surface area (Å²) < 4.78 is 1.73. The quantitative estimate of drug-likeness (QED) is 0.725. The second-order valence-electron chi connectivity index (χ2n) is 5.96. The monoisotopic (exact) mass is 309 g/mol. The van der Waals surface area contributed by atoms with Crippen LogP contribution in [-0.2, 0) is 6.54 Å². The van der Waals surface area contributed by atoms with Crippen LogP contribution in [0.1, 0.15) is 12.5 Å². The average Bonchev–Trinajstić information content (AvgIpc) is 3.03. The molecule has 0 bridgehead atoms. The molecule has 0 spiro atoms. The van der Waals surface area contributed by atoms with Gasteiger partial charge in [0.1, 0.15) is 12.1 Å². The van der Waals surface area contributed by atoms with E-state index in [9.17, 15) is 0 Å². The van der Waals surface area contributed by atoms with Crippen molar-refractivity contribution in [2.24, 2.45) is 0 Å². The predicted octanol–water partition coefficient (Wildman–Crippen LogP) is 1.23. The first-order chi connectivity index (χ1) is 11.3. The van der Waals surface area contributed by atoms with E-state index in [1.54, 1.807) is 10.8 Å². The summed E-state index contributed by atoms with van der Waals surface area (Å²) in [4.78, 5) is 9.01. The summed E-state index contributed by atoms with van der Waals surface area (Å²) in [5, 5.41) is 12.5. The van der Waals surface area contributed by atoms with Crippen molar-refractivity contribution in [3.63, 3.8) is 0 Å². The van der Waals surface area contributed by atoms with Gasteiger partial charge < -0.3 is 4.90 Å². The number of piperazine rings is 1. The van der Waals surface area contributed by atoms with Crippen molar-refractivity contribution in [3.05, 3.63) is 48.5 Å². The van der Waals surface area contributed by atoms with E-state index in [1.165, 1.54) is 5.56 Å². The zero-order valence-corrected chi connectivity index (χ0v) is 13.1. The van der Waals surface area contributed by atoms with Gasteiger partial charge in [-0.3, -0.25) is 9.88 Å². The number of hydrogen-bond acceptors (Lipinski definition) is 6. The van der Waals surface area contributed by atoms with Gasteiger partial charge in [0.15, 0.2) is 5.65 Å². The van der Waals surface area contributed by atoms with Crippen molar-refractivity contribution in [2.45, 2.75) is 19.5 Å². The van der Waals surface area contributed by atoms with E-state index in [1.807, 2.05) is 30.6 Å². The SMILES string of the molecule is CC1CN(Cc2cccnc2)CCN1c1ccc2nncn2n1. The highest BCUT2D eigenvalue weighted by molar-refractivity contribution is 5.46. The zero-order chi connectivity index (χ0) is 15.6. The van der Waals surface area contributed by atoms with Gasteiger partial charge in [-0.2, -0.15) is 4.52 Å².